The minimum absolute atomic E-state index is 0.000874. The number of benzene rings is 1. The Hall–Kier alpha value is -2.67. The minimum atomic E-state index is -0.381. The number of nitrogens with zero attached hydrogens (tertiary/aromatic N) is 3. The summed E-state index contributed by atoms with van der Waals surface area (Å²) in [5.41, 5.74) is 1.71. The Morgan fingerprint density at radius 1 is 1.00 bits per heavy atom. The highest BCUT2D eigenvalue weighted by Crippen LogP contribution is 2.17. The van der Waals surface area contributed by atoms with Crippen LogP contribution in [-0.2, 0) is 11.3 Å². The van der Waals surface area contributed by atoms with Gasteiger partial charge in [-0.3, -0.25) is 9.59 Å². The summed E-state index contributed by atoms with van der Waals surface area (Å²) in [7, 11) is 0. The zero-order chi connectivity index (χ0) is 20.9. The fourth-order valence-corrected chi connectivity index (χ4v) is 4.35. The summed E-state index contributed by atoms with van der Waals surface area (Å²) >= 11 is 0. The van der Waals surface area contributed by atoms with E-state index in [9.17, 15) is 14.0 Å². The summed E-state index contributed by atoms with van der Waals surface area (Å²) < 4.78 is 17.2. The molecule has 0 saturated carbocycles. The van der Waals surface area contributed by atoms with Crippen LogP contribution in [0, 0.1) is 5.82 Å². The first kappa shape index (κ1) is 20.6. The maximum Gasteiger partial charge on any atom is 0.275 e. The molecule has 2 aromatic heterocycles. The third-order valence-corrected chi connectivity index (χ3v) is 5.91. The first-order valence-corrected chi connectivity index (χ1v) is 10.9. The van der Waals surface area contributed by atoms with Gasteiger partial charge in [-0.25, -0.2) is 4.39 Å². The van der Waals surface area contributed by atoms with Crippen LogP contribution in [0.15, 0.2) is 41.3 Å². The third-order valence-electron chi connectivity index (χ3n) is 5.91. The second-order valence-corrected chi connectivity index (χ2v) is 8.06. The van der Waals surface area contributed by atoms with Gasteiger partial charge in [0.25, 0.3) is 5.56 Å². The average Bonchev–Trinajstić information content (AvgIpc) is 3.24. The van der Waals surface area contributed by atoms with Crippen LogP contribution in [0.1, 0.15) is 38.5 Å². The predicted molar refractivity (Wildman–Crippen MR) is 116 cm³/mol. The molecule has 0 atom stereocenters. The molecule has 1 amide bonds. The van der Waals surface area contributed by atoms with Crippen molar-refractivity contribution in [1.82, 2.24) is 19.2 Å². The summed E-state index contributed by atoms with van der Waals surface area (Å²) in [6, 6.07) is 8.03. The number of likely N-dealkylation sites (tertiary alicyclic amines) is 1. The van der Waals surface area contributed by atoms with E-state index in [0.717, 1.165) is 18.5 Å². The number of amides is 1. The Morgan fingerprint density at radius 3 is 2.67 bits per heavy atom. The van der Waals surface area contributed by atoms with Crippen molar-refractivity contribution in [3.8, 4) is 0 Å². The molecule has 0 unspecified atom stereocenters. The van der Waals surface area contributed by atoms with Crippen molar-refractivity contribution in [2.45, 2.75) is 45.1 Å². The lowest BCUT2D eigenvalue weighted by atomic mass is 10.1. The van der Waals surface area contributed by atoms with Crippen molar-refractivity contribution in [2.75, 3.05) is 26.2 Å². The van der Waals surface area contributed by atoms with E-state index in [-0.39, 0.29) is 17.3 Å². The average molecular weight is 413 g/mol. The number of halogens is 1. The lowest BCUT2D eigenvalue weighted by molar-refractivity contribution is -0.121. The first-order chi connectivity index (χ1) is 14.6. The monoisotopic (exact) mass is 412 g/mol. The van der Waals surface area contributed by atoms with Gasteiger partial charge >= 0.3 is 0 Å². The molecule has 0 spiro atoms. The summed E-state index contributed by atoms with van der Waals surface area (Å²) in [5.74, 6) is -0.380. The van der Waals surface area contributed by atoms with Crippen LogP contribution in [0.25, 0.3) is 16.6 Å². The van der Waals surface area contributed by atoms with Gasteiger partial charge in [0.15, 0.2) is 0 Å². The van der Waals surface area contributed by atoms with Crippen LogP contribution in [0.3, 0.4) is 0 Å². The maximum absolute atomic E-state index is 13.8. The summed E-state index contributed by atoms with van der Waals surface area (Å²) in [6.45, 7) is 4.43. The Kier molecular flexibility index (Phi) is 6.47. The van der Waals surface area contributed by atoms with Crippen molar-refractivity contribution in [1.29, 1.82) is 0 Å². The van der Waals surface area contributed by atoms with Crippen molar-refractivity contribution in [3.63, 3.8) is 0 Å². The van der Waals surface area contributed by atoms with Gasteiger partial charge in [-0.15, -0.1) is 0 Å². The van der Waals surface area contributed by atoms with Crippen LogP contribution in [0.2, 0.25) is 0 Å². The molecule has 160 valence electrons. The number of aryl methyl sites for hydroxylation is 1. The van der Waals surface area contributed by atoms with Crippen molar-refractivity contribution in [2.24, 2.45) is 0 Å². The van der Waals surface area contributed by atoms with E-state index in [1.54, 1.807) is 33.4 Å². The summed E-state index contributed by atoms with van der Waals surface area (Å²) in [5, 5.41) is 2.98. The number of carbonyl (C=O) groups is 1. The lowest BCUT2D eigenvalue weighted by Crippen LogP contribution is -2.33. The number of rotatable bonds is 8. The molecule has 3 heterocycles. The van der Waals surface area contributed by atoms with E-state index in [0.29, 0.717) is 37.0 Å². The van der Waals surface area contributed by atoms with Crippen LogP contribution >= 0.6 is 0 Å². The normalized spacial score (nSPS) is 15.1. The van der Waals surface area contributed by atoms with Crippen LogP contribution < -0.4 is 10.9 Å². The molecule has 0 radical (unpaired) electrons. The highest BCUT2D eigenvalue weighted by Gasteiger charge is 2.12. The van der Waals surface area contributed by atoms with Crippen LogP contribution in [-0.4, -0.2) is 46.0 Å². The summed E-state index contributed by atoms with van der Waals surface area (Å²) in [4.78, 5) is 27.5. The van der Waals surface area contributed by atoms with Crippen LogP contribution in [0.4, 0.5) is 4.39 Å². The van der Waals surface area contributed by atoms with Gasteiger partial charge in [-0.1, -0.05) is 6.42 Å². The predicted octanol–water partition coefficient (Wildman–Crippen LogP) is 3.17. The first-order valence-electron chi connectivity index (χ1n) is 10.9. The number of hydrogen-bond donors (Lipinski definition) is 1. The highest BCUT2D eigenvalue weighted by molar-refractivity contribution is 5.79. The van der Waals surface area contributed by atoms with E-state index in [4.69, 9.17) is 0 Å². The van der Waals surface area contributed by atoms with Gasteiger partial charge in [0.1, 0.15) is 11.3 Å². The van der Waals surface area contributed by atoms with Gasteiger partial charge in [-0.05, 0) is 75.6 Å². The smallest absolute Gasteiger partial charge is 0.275 e. The fraction of sp³-hybridized carbons (Fsp3) is 0.478. The SMILES string of the molecule is O=C(CCCn1c(=O)c2cccn2c2ccc(F)cc21)NCCCN1CCCCC1. The van der Waals surface area contributed by atoms with E-state index < -0.39 is 0 Å². The zero-order valence-corrected chi connectivity index (χ0v) is 17.3. The Morgan fingerprint density at radius 2 is 1.83 bits per heavy atom. The van der Waals surface area contributed by atoms with Crippen molar-refractivity contribution in [3.05, 3.63) is 52.7 Å². The number of piperidine rings is 1. The molecule has 1 aliphatic heterocycles. The van der Waals surface area contributed by atoms with E-state index >= 15 is 0 Å². The Labute approximate surface area is 175 Å². The van der Waals surface area contributed by atoms with E-state index in [1.807, 2.05) is 0 Å². The fourth-order valence-electron chi connectivity index (χ4n) is 4.35. The summed E-state index contributed by atoms with van der Waals surface area (Å²) in [6.07, 6.45) is 7.52. The molecule has 1 aliphatic rings. The Balaban J connectivity index is 1.33. The molecular formula is C23H29FN4O2. The second kappa shape index (κ2) is 9.43. The van der Waals surface area contributed by atoms with Gasteiger partial charge in [0.2, 0.25) is 5.91 Å². The number of carbonyl (C=O) groups excluding carboxylic acids is 1. The number of fused-ring (bicyclic) bond motifs is 3. The third kappa shape index (κ3) is 4.56. The van der Waals surface area contributed by atoms with Gasteiger partial charge in [0, 0.05) is 25.7 Å². The second-order valence-electron chi connectivity index (χ2n) is 8.06. The van der Waals surface area contributed by atoms with Crippen LogP contribution in [0.5, 0.6) is 0 Å². The maximum atomic E-state index is 13.8. The highest BCUT2D eigenvalue weighted by atomic mass is 19.1. The van der Waals surface area contributed by atoms with Crippen molar-refractivity contribution >= 4 is 22.5 Å². The van der Waals surface area contributed by atoms with Crippen molar-refractivity contribution < 1.29 is 9.18 Å². The van der Waals surface area contributed by atoms with Gasteiger partial charge in [0.05, 0.1) is 11.0 Å². The molecule has 1 N–H and O–H groups in total. The van der Waals surface area contributed by atoms with E-state index in [1.165, 1.54) is 44.5 Å². The molecule has 0 aliphatic carbocycles. The molecule has 1 aromatic carbocycles. The lowest BCUT2D eigenvalue weighted by Gasteiger charge is -2.26. The minimum Gasteiger partial charge on any atom is -0.356 e. The number of aromatic nitrogens is 2. The molecule has 1 fully saturated rings. The molecule has 0 bridgehead atoms. The van der Waals surface area contributed by atoms with Gasteiger partial charge < -0.3 is 19.2 Å². The molecule has 3 aromatic rings. The standard InChI is InChI=1S/C23H29FN4O2/c24-18-9-10-19-21(17-18)28(23(30)20-7-4-15-27(19)20)16-5-8-22(29)25-11-6-14-26-12-2-1-3-13-26/h4,7,9-10,15,17H,1-3,5-6,8,11-14,16H2,(H,25,29). The topological polar surface area (TPSA) is 58.8 Å². The van der Waals surface area contributed by atoms with E-state index in [2.05, 4.69) is 10.2 Å². The largest absolute Gasteiger partial charge is 0.356 e. The Bertz CT molecular complexity index is 1080. The molecule has 6 nitrogen and oxygen atoms in total. The molecule has 1 saturated heterocycles. The molecule has 30 heavy (non-hydrogen) atoms. The number of hydrogen-bond acceptors (Lipinski definition) is 3. The van der Waals surface area contributed by atoms with Gasteiger partial charge in [-0.2, -0.15) is 0 Å². The number of nitrogens with one attached hydrogen (secondary N) is 1. The molecule has 7 heteroatoms. The zero-order valence-electron chi connectivity index (χ0n) is 17.3. The molecule has 4 rings (SSSR count). The quantitative estimate of drug-likeness (QED) is 0.578. The molecular weight excluding hydrogens is 383 g/mol.